The van der Waals surface area contributed by atoms with Crippen LogP contribution in [0.4, 0.5) is 10.3 Å². The number of anilines is 1. The van der Waals surface area contributed by atoms with Crippen molar-refractivity contribution in [2.75, 3.05) is 18.4 Å². The smallest absolute Gasteiger partial charge is 0.243 e. The van der Waals surface area contributed by atoms with Crippen LogP contribution in [0.15, 0.2) is 83.9 Å². The summed E-state index contributed by atoms with van der Waals surface area (Å²) in [5.74, 6) is -0.793. The Labute approximate surface area is 210 Å². The Morgan fingerprint density at radius 1 is 1.03 bits per heavy atom. The predicted molar refractivity (Wildman–Crippen MR) is 138 cm³/mol. The van der Waals surface area contributed by atoms with Gasteiger partial charge in [-0.2, -0.15) is 4.31 Å². The molecule has 0 unspecified atom stereocenters. The number of likely N-dealkylation sites (N-methyl/N-ethyl adjacent to an activating group) is 1. The van der Waals surface area contributed by atoms with Gasteiger partial charge >= 0.3 is 0 Å². The van der Waals surface area contributed by atoms with Gasteiger partial charge in [0.25, 0.3) is 0 Å². The van der Waals surface area contributed by atoms with Crippen LogP contribution in [0.25, 0.3) is 16.9 Å². The minimum absolute atomic E-state index is 0.108. The SMILES string of the molecule is CCN(CC(=O)Nc1nc(-c2ccccc2)cn1-c1ccc(C)c(F)c1)S(=O)(=O)c1ccc(C)cc1. The molecule has 0 saturated heterocycles. The molecule has 1 N–H and O–H groups in total. The molecule has 3 aromatic carbocycles. The van der Waals surface area contributed by atoms with Crippen molar-refractivity contribution in [1.82, 2.24) is 13.9 Å². The first-order valence-electron chi connectivity index (χ1n) is 11.5. The van der Waals surface area contributed by atoms with Crippen molar-refractivity contribution >= 4 is 21.9 Å². The third-order valence-corrected chi connectivity index (χ3v) is 7.73. The first kappa shape index (κ1) is 25.3. The minimum Gasteiger partial charge on any atom is -0.294 e. The van der Waals surface area contributed by atoms with E-state index >= 15 is 0 Å². The number of nitrogens with one attached hydrogen (secondary N) is 1. The number of carbonyl (C=O) groups excluding carboxylic acids is 1. The number of amides is 1. The van der Waals surface area contributed by atoms with Crippen molar-refractivity contribution in [3.8, 4) is 16.9 Å². The molecule has 0 bridgehead atoms. The molecular weight excluding hydrogens is 479 g/mol. The molecule has 0 radical (unpaired) electrons. The Morgan fingerprint density at radius 3 is 2.36 bits per heavy atom. The first-order chi connectivity index (χ1) is 17.2. The van der Waals surface area contributed by atoms with Crippen LogP contribution in [0.1, 0.15) is 18.1 Å². The molecular formula is C27H27FN4O3S. The highest BCUT2D eigenvalue weighted by atomic mass is 32.2. The minimum atomic E-state index is -3.87. The lowest BCUT2D eigenvalue weighted by Crippen LogP contribution is -2.38. The molecule has 186 valence electrons. The van der Waals surface area contributed by atoms with Gasteiger partial charge in [0, 0.05) is 18.3 Å². The van der Waals surface area contributed by atoms with Gasteiger partial charge in [0.2, 0.25) is 21.9 Å². The largest absolute Gasteiger partial charge is 0.294 e. The third-order valence-electron chi connectivity index (χ3n) is 5.79. The zero-order valence-corrected chi connectivity index (χ0v) is 21.1. The van der Waals surface area contributed by atoms with E-state index in [2.05, 4.69) is 10.3 Å². The fraction of sp³-hybridized carbons (Fsp3) is 0.185. The van der Waals surface area contributed by atoms with E-state index in [0.29, 0.717) is 16.9 Å². The molecule has 0 aliphatic rings. The average molecular weight is 507 g/mol. The molecule has 0 spiro atoms. The van der Waals surface area contributed by atoms with Crippen molar-refractivity contribution in [3.63, 3.8) is 0 Å². The molecule has 4 rings (SSSR count). The van der Waals surface area contributed by atoms with Gasteiger partial charge in [0.15, 0.2) is 0 Å². The van der Waals surface area contributed by atoms with Crippen LogP contribution < -0.4 is 5.32 Å². The fourth-order valence-corrected chi connectivity index (χ4v) is 5.10. The van der Waals surface area contributed by atoms with Gasteiger partial charge in [-0.25, -0.2) is 17.8 Å². The van der Waals surface area contributed by atoms with Crippen molar-refractivity contribution in [3.05, 3.63) is 95.9 Å². The lowest BCUT2D eigenvalue weighted by atomic mass is 10.2. The summed E-state index contributed by atoms with van der Waals surface area (Å²) in [5, 5.41) is 2.72. The molecule has 7 nitrogen and oxygen atoms in total. The molecule has 0 aliphatic carbocycles. The molecule has 4 aromatic rings. The van der Waals surface area contributed by atoms with Crippen LogP contribution in [0.2, 0.25) is 0 Å². The number of imidazole rings is 1. The Hall–Kier alpha value is -3.82. The Kier molecular flexibility index (Phi) is 7.32. The van der Waals surface area contributed by atoms with Gasteiger partial charge in [0.1, 0.15) is 5.82 Å². The van der Waals surface area contributed by atoms with Crippen molar-refractivity contribution < 1.29 is 17.6 Å². The quantitative estimate of drug-likeness (QED) is 0.367. The van der Waals surface area contributed by atoms with Crippen LogP contribution in [0.3, 0.4) is 0 Å². The average Bonchev–Trinajstić information content (AvgIpc) is 3.28. The van der Waals surface area contributed by atoms with E-state index in [1.807, 2.05) is 37.3 Å². The van der Waals surface area contributed by atoms with Crippen molar-refractivity contribution in [2.45, 2.75) is 25.7 Å². The summed E-state index contributed by atoms with van der Waals surface area (Å²) in [5.41, 5.74) is 3.29. The molecule has 0 atom stereocenters. The highest BCUT2D eigenvalue weighted by Crippen LogP contribution is 2.25. The molecule has 36 heavy (non-hydrogen) atoms. The summed E-state index contributed by atoms with van der Waals surface area (Å²) < 4.78 is 43.2. The van der Waals surface area contributed by atoms with Crippen molar-refractivity contribution in [1.29, 1.82) is 0 Å². The summed E-state index contributed by atoms with van der Waals surface area (Å²) >= 11 is 0. The van der Waals surface area contributed by atoms with Gasteiger partial charge in [-0.3, -0.25) is 14.7 Å². The van der Waals surface area contributed by atoms with E-state index in [1.54, 1.807) is 48.9 Å². The predicted octanol–water partition coefficient (Wildman–Crippen LogP) is 4.94. The summed E-state index contributed by atoms with van der Waals surface area (Å²) in [7, 11) is -3.87. The summed E-state index contributed by atoms with van der Waals surface area (Å²) in [6.07, 6.45) is 1.70. The second-order valence-corrected chi connectivity index (χ2v) is 10.3. The maximum absolute atomic E-state index is 14.3. The summed E-state index contributed by atoms with van der Waals surface area (Å²) in [6.45, 7) is 4.91. The highest BCUT2D eigenvalue weighted by molar-refractivity contribution is 7.89. The second-order valence-electron chi connectivity index (χ2n) is 8.41. The number of sulfonamides is 1. The fourth-order valence-electron chi connectivity index (χ4n) is 3.70. The number of hydrogen-bond acceptors (Lipinski definition) is 4. The number of nitrogens with zero attached hydrogens (tertiary/aromatic N) is 3. The number of hydrogen-bond donors (Lipinski definition) is 1. The zero-order valence-electron chi connectivity index (χ0n) is 20.3. The van der Waals surface area contributed by atoms with Crippen LogP contribution >= 0.6 is 0 Å². The standard InChI is InChI=1S/C27H27FN4O3S/c1-4-31(36(34,35)23-14-10-19(2)11-15-23)18-26(33)30-27-29-25(21-8-6-5-7-9-21)17-32(27)22-13-12-20(3)24(28)16-22/h5-17H,4,18H2,1-3H3,(H,29,30,33). The number of benzene rings is 3. The Morgan fingerprint density at radius 2 is 1.72 bits per heavy atom. The normalized spacial score (nSPS) is 11.6. The van der Waals surface area contributed by atoms with Gasteiger partial charge < -0.3 is 0 Å². The second kappa shape index (κ2) is 10.4. The lowest BCUT2D eigenvalue weighted by Gasteiger charge is -2.20. The molecule has 0 saturated carbocycles. The topological polar surface area (TPSA) is 84.3 Å². The number of aromatic nitrogens is 2. The molecule has 1 aromatic heterocycles. The Balaban J connectivity index is 1.64. The lowest BCUT2D eigenvalue weighted by molar-refractivity contribution is -0.116. The van der Waals surface area contributed by atoms with Gasteiger partial charge in [-0.1, -0.05) is 61.0 Å². The van der Waals surface area contributed by atoms with Gasteiger partial charge in [-0.15, -0.1) is 0 Å². The first-order valence-corrected chi connectivity index (χ1v) is 12.9. The van der Waals surface area contributed by atoms with E-state index in [1.165, 1.54) is 18.2 Å². The van der Waals surface area contributed by atoms with Crippen LogP contribution in [0.5, 0.6) is 0 Å². The Bertz CT molecular complexity index is 1480. The van der Waals surface area contributed by atoms with E-state index in [9.17, 15) is 17.6 Å². The van der Waals surface area contributed by atoms with Crippen LogP contribution in [-0.2, 0) is 14.8 Å². The molecule has 0 fully saturated rings. The van der Waals surface area contributed by atoms with Gasteiger partial charge in [-0.05, 0) is 43.7 Å². The maximum atomic E-state index is 14.3. The number of aryl methyl sites for hydroxylation is 2. The molecule has 9 heteroatoms. The van der Waals surface area contributed by atoms with Crippen LogP contribution in [-0.4, -0.2) is 41.3 Å². The number of rotatable bonds is 8. The van der Waals surface area contributed by atoms with E-state index in [4.69, 9.17) is 0 Å². The molecule has 1 amide bonds. The summed E-state index contributed by atoms with van der Waals surface area (Å²) in [6, 6.07) is 20.6. The summed E-state index contributed by atoms with van der Waals surface area (Å²) in [4.78, 5) is 17.7. The molecule has 1 heterocycles. The number of halogens is 1. The van der Waals surface area contributed by atoms with E-state index < -0.39 is 22.5 Å². The third kappa shape index (κ3) is 5.37. The van der Waals surface area contributed by atoms with Gasteiger partial charge in [0.05, 0.1) is 22.8 Å². The van der Waals surface area contributed by atoms with Crippen LogP contribution in [0, 0.1) is 19.7 Å². The highest BCUT2D eigenvalue weighted by Gasteiger charge is 2.26. The molecule has 0 aliphatic heterocycles. The number of carbonyl (C=O) groups is 1. The zero-order chi connectivity index (χ0) is 25.9. The van der Waals surface area contributed by atoms with E-state index in [0.717, 1.165) is 15.4 Å². The van der Waals surface area contributed by atoms with E-state index in [-0.39, 0.29) is 23.2 Å². The van der Waals surface area contributed by atoms with Crippen molar-refractivity contribution in [2.24, 2.45) is 0 Å². The maximum Gasteiger partial charge on any atom is 0.243 e. The monoisotopic (exact) mass is 506 g/mol.